The van der Waals surface area contributed by atoms with Crippen LogP contribution in [-0.2, 0) is 0 Å². The van der Waals surface area contributed by atoms with Crippen molar-refractivity contribution in [3.8, 4) is 5.75 Å². The molecule has 1 rings (SSSR count). The number of alkyl halides is 3. The summed E-state index contributed by atoms with van der Waals surface area (Å²) in [5.74, 6) is -2.81. The zero-order chi connectivity index (χ0) is 12.5. The highest BCUT2D eigenvalue weighted by Crippen LogP contribution is 2.35. The first-order valence-corrected chi connectivity index (χ1v) is 4.35. The van der Waals surface area contributed by atoms with Gasteiger partial charge in [0.05, 0.1) is 5.56 Å². The SMILES string of the molecule is CC(=O)c1ccc(F)c(Cl)c1OC(F)(F)F. The number of ketones is 1. The van der Waals surface area contributed by atoms with Gasteiger partial charge in [0, 0.05) is 0 Å². The number of rotatable bonds is 2. The fourth-order valence-corrected chi connectivity index (χ4v) is 1.23. The molecule has 0 aliphatic heterocycles. The smallest absolute Gasteiger partial charge is 0.403 e. The Morgan fingerprint density at radius 1 is 1.38 bits per heavy atom. The fourth-order valence-electron chi connectivity index (χ4n) is 1.02. The summed E-state index contributed by atoms with van der Waals surface area (Å²) in [5, 5.41) is -0.870. The van der Waals surface area contributed by atoms with Crippen LogP contribution in [0.3, 0.4) is 0 Å². The maximum Gasteiger partial charge on any atom is 0.573 e. The van der Waals surface area contributed by atoms with Gasteiger partial charge in [0.15, 0.2) is 11.5 Å². The largest absolute Gasteiger partial charge is 0.573 e. The molecule has 0 N–H and O–H groups in total. The molecule has 0 radical (unpaired) electrons. The van der Waals surface area contributed by atoms with E-state index in [9.17, 15) is 22.4 Å². The normalized spacial score (nSPS) is 11.4. The Hall–Kier alpha value is -1.30. The van der Waals surface area contributed by atoms with Gasteiger partial charge in [0.25, 0.3) is 0 Å². The zero-order valence-electron chi connectivity index (χ0n) is 7.86. The minimum atomic E-state index is -5.04. The number of halogens is 5. The lowest BCUT2D eigenvalue weighted by Gasteiger charge is -2.13. The molecule has 0 fully saturated rings. The first-order chi connectivity index (χ1) is 7.22. The predicted octanol–water partition coefficient (Wildman–Crippen LogP) is 3.58. The lowest BCUT2D eigenvalue weighted by Crippen LogP contribution is -2.19. The Bertz CT molecular complexity index is 428. The molecule has 16 heavy (non-hydrogen) atoms. The van der Waals surface area contributed by atoms with Gasteiger partial charge in [-0.3, -0.25) is 4.79 Å². The van der Waals surface area contributed by atoms with E-state index in [-0.39, 0.29) is 0 Å². The lowest BCUT2D eigenvalue weighted by molar-refractivity contribution is -0.274. The molecule has 0 bridgehead atoms. The molecule has 0 spiro atoms. The molecule has 0 unspecified atom stereocenters. The summed E-state index contributed by atoms with van der Waals surface area (Å²) in [6, 6.07) is 1.67. The van der Waals surface area contributed by atoms with Crippen molar-refractivity contribution in [2.24, 2.45) is 0 Å². The molecule has 0 aromatic heterocycles. The van der Waals surface area contributed by atoms with Crippen LogP contribution in [0, 0.1) is 5.82 Å². The van der Waals surface area contributed by atoms with Crippen LogP contribution in [0.25, 0.3) is 0 Å². The summed E-state index contributed by atoms with van der Waals surface area (Å²) in [6.07, 6.45) is -5.04. The van der Waals surface area contributed by atoms with Crippen LogP contribution in [0.1, 0.15) is 17.3 Å². The van der Waals surface area contributed by atoms with E-state index in [1.165, 1.54) is 0 Å². The molecule has 0 amide bonds. The second kappa shape index (κ2) is 4.29. The Morgan fingerprint density at radius 2 is 1.94 bits per heavy atom. The molecule has 0 atom stereocenters. The highest BCUT2D eigenvalue weighted by Gasteiger charge is 2.34. The van der Waals surface area contributed by atoms with E-state index in [1.54, 1.807) is 0 Å². The van der Waals surface area contributed by atoms with E-state index in [4.69, 9.17) is 11.6 Å². The summed E-state index contributed by atoms with van der Waals surface area (Å²) in [7, 11) is 0. The number of carbonyl (C=O) groups excluding carboxylic acids is 1. The molecule has 0 saturated heterocycles. The van der Waals surface area contributed by atoms with E-state index in [2.05, 4.69) is 4.74 Å². The van der Waals surface area contributed by atoms with Crippen LogP contribution in [0.5, 0.6) is 5.75 Å². The molecule has 2 nitrogen and oxygen atoms in total. The molecule has 7 heteroatoms. The Morgan fingerprint density at radius 3 is 2.38 bits per heavy atom. The van der Waals surface area contributed by atoms with Crippen molar-refractivity contribution in [2.75, 3.05) is 0 Å². The first kappa shape index (κ1) is 12.8. The van der Waals surface area contributed by atoms with Crippen LogP contribution in [-0.4, -0.2) is 12.1 Å². The van der Waals surface area contributed by atoms with Crippen molar-refractivity contribution in [2.45, 2.75) is 13.3 Å². The van der Waals surface area contributed by atoms with Gasteiger partial charge < -0.3 is 4.74 Å². The van der Waals surface area contributed by atoms with Crippen LogP contribution >= 0.6 is 11.6 Å². The van der Waals surface area contributed by atoms with Crippen molar-refractivity contribution in [1.29, 1.82) is 0 Å². The summed E-state index contributed by atoms with van der Waals surface area (Å²) in [4.78, 5) is 11.0. The predicted molar refractivity (Wildman–Crippen MR) is 48.1 cm³/mol. The molecule has 0 saturated carbocycles. The van der Waals surface area contributed by atoms with E-state index < -0.39 is 34.3 Å². The highest BCUT2D eigenvalue weighted by molar-refractivity contribution is 6.32. The van der Waals surface area contributed by atoms with Gasteiger partial charge >= 0.3 is 6.36 Å². The topological polar surface area (TPSA) is 26.3 Å². The van der Waals surface area contributed by atoms with Crippen LogP contribution in [0.4, 0.5) is 17.6 Å². The van der Waals surface area contributed by atoms with Crippen molar-refractivity contribution < 1.29 is 27.1 Å². The molecule has 0 heterocycles. The van der Waals surface area contributed by atoms with Crippen molar-refractivity contribution in [1.82, 2.24) is 0 Å². The maximum atomic E-state index is 12.9. The first-order valence-electron chi connectivity index (χ1n) is 3.97. The molecule has 1 aromatic carbocycles. The molecule has 1 aromatic rings. The van der Waals surface area contributed by atoms with Gasteiger partial charge in [0.1, 0.15) is 10.8 Å². The monoisotopic (exact) mass is 256 g/mol. The maximum absolute atomic E-state index is 12.9. The lowest BCUT2D eigenvalue weighted by atomic mass is 10.1. The van der Waals surface area contributed by atoms with Crippen molar-refractivity contribution in [3.05, 3.63) is 28.5 Å². The average Bonchev–Trinajstić information content (AvgIpc) is 2.10. The van der Waals surface area contributed by atoms with Crippen LogP contribution in [0.15, 0.2) is 12.1 Å². The second-order valence-corrected chi connectivity index (χ2v) is 3.22. The van der Waals surface area contributed by atoms with Crippen molar-refractivity contribution >= 4 is 17.4 Å². The van der Waals surface area contributed by atoms with Gasteiger partial charge in [-0.2, -0.15) is 0 Å². The number of carbonyl (C=O) groups is 1. The quantitative estimate of drug-likeness (QED) is 0.597. The summed E-state index contributed by atoms with van der Waals surface area (Å²) < 4.78 is 52.4. The van der Waals surface area contributed by atoms with Gasteiger partial charge in [-0.05, 0) is 19.1 Å². The molecule has 88 valence electrons. The Labute approximate surface area is 92.8 Å². The summed E-state index contributed by atoms with van der Waals surface area (Å²) in [6.45, 7) is 1.02. The molecule has 0 aliphatic rings. The zero-order valence-corrected chi connectivity index (χ0v) is 8.62. The fraction of sp³-hybridized carbons (Fsp3) is 0.222. The standard InChI is InChI=1S/C9H5ClF4O2/c1-4(15)5-2-3-6(11)7(10)8(5)16-9(12,13)14/h2-3H,1H3. The number of Topliss-reactive ketones (excluding diaryl/α,β-unsaturated/α-hetero) is 1. The van der Waals surface area contributed by atoms with E-state index >= 15 is 0 Å². The highest BCUT2D eigenvalue weighted by atomic mass is 35.5. The van der Waals surface area contributed by atoms with Crippen LogP contribution < -0.4 is 4.74 Å². The van der Waals surface area contributed by atoms with Gasteiger partial charge in [-0.1, -0.05) is 11.6 Å². The van der Waals surface area contributed by atoms with E-state index in [1.807, 2.05) is 0 Å². The number of hydrogen-bond acceptors (Lipinski definition) is 2. The minimum absolute atomic E-state index is 0.427. The Kier molecular flexibility index (Phi) is 3.42. The van der Waals surface area contributed by atoms with Crippen molar-refractivity contribution in [3.63, 3.8) is 0 Å². The Balaban J connectivity index is 3.32. The average molecular weight is 257 g/mol. The molecule has 0 aliphatic carbocycles. The molecular formula is C9H5ClF4O2. The second-order valence-electron chi connectivity index (χ2n) is 2.84. The number of benzene rings is 1. The van der Waals surface area contributed by atoms with Gasteiger partial charge in [-0.25, -0.2) is 4.39 Å². The minimum Gasteiger partial charge on any atom is -0.403 e. The summed E-state index contributed by atoms with van der Waals surface area (Å²) in [5.41, 5.74) is -0.427. The number of ether oxygens (including phenoxy) is 1. The third-order valence-corrected chi connectivity index (χ3v) is 2.00. The van der Waals surface area contributed by atoms with Gasteiger partial charge in [-0.15, -0.1) is 13.2 Å². The summed E-state index contributed by atoms with van der Waals surface area (Å²) >= 11 is 5.30. The number of hydrogen-bond donors (Lipinski definition) is 0. The van der Waals surface area contributed by atoms with Crippen LogP contribution in [0.2, 0.25) is 5.02 Å². The third kappa shape index (κ3) is 2.85. The third-order valence-electron chi connectivity index (χ3n) is 1.65. The molecular weight excluding hydrogens is 252 g/mol. The van der Waals surface area contributed by atoms with E-state index in [0.717, 1.165) is 19.1 Å². The van der Waals surface area contributed by atoms with E-state index in [0.29, 0.717) is 0 Å². The van der Waals surface area contributed by atoms with Gasteiger partial charge in [0.2, 0.25) is 0 Å².